The summed E-state index contributed by atoms with van der Waals surface area (Å²) in [6.07, 6.45) is 9.15. The highest BCUT2D eigenvalue weighted by molar-refractivity contribution is 8.02. The van der Waals surface area contributed by atoms with E-state index in [4.69, 9.17) is 9.47 Å². The molecule has 26 heavy (non-hydrogen) atoms. The summed E-state index contributed by atoms with van der Waals surface area (Å²) < 4.78 is 11.7. The zero-order chi connectivity index (χ0) is 18.4. The monoisotopic (exact) mass is 398 g/mol. The van der Waals surface area contributed by atoms with Gasteiger partial charge in [0.15, 0.2) is 0 Å². The number of thioether (sulfide) groups is 2. The van der Waals surface area contributed by atoms with E-state index in [0.717, 1.165) is 23.7 Å². The lowest BCUT2D eigenvalue weighted by Gasteiger charge is -2.28. The van der Waals surface area contributed by atoms with Gasteiger partial charge in [0.1, 0.15) is 0 Å². The fourth-order valence-corrected chi connectivity index (χ4v) is 7.87. The SMILES string of the molecule is CC(CSCCSCC(C)C1CCC2(C)OC2C1)C1CCC2(C)OC2C1. The van der Waals surface area contributed by atoms with Gasteiger partial charge in [-0.25, -0.2) is 0 Å². The van der Waals surface area contributed by atoms with Crippen molar-refractivity contribution >= 4 is 23.5 Å². The minimum Gasteiger partial charge on any atom is -0.366 e. The summed E-state index contributed by atoms with van der Waals surface area (Å²) in [6.45, 7) is 9.54. The van der Waals surface area contributed by atoms with Crippen LogP contribution >= 0.6 is 23.5 Å². The van der Waals surface area contributed by atoms with Crippen LogP contribution in [-0.2, 0) is 9.47 Å². The van der Waals surface area contributed by atoms with Crippen molar-refractivity contribution in [3.8, 4) is 0 Å². The van der Waals surface area contributed by atoms with Crippen molar-refractivity contribution in [2.24, 2.45) is 23.7 Å². The van der Waals surface area contributed by atoms with E-state index in [-0.39, 0.29) is 11.2 Å². The molecule has 4 fully saturated rings. The van der Waals surface area contributed by atoms with E-state index < -0.39 is 0 Å². The Morgan fingerprint density at radius 2 is 1.23 bits per heavy atom. The molecule has 4 rings (SSSR count). The molecule has 2 nitrogen and oxygen atoms in total. The highest BCUT2D eigenvalue weighted by atomic mass is 32.2. The van der Waals surface area contributed by atoms with Gasteiger partial charge in [0, 0.05) is 11.5 Å². The predicted octanol–water partition coefficient (Wildman–Crippen LogP) is 5.64. The lowest BCUT2D eigenvalue weighted by Crippen LogP contribution is -2.26. The molecule has 0 aromatic heterocycles. The first-order chi connectivity index (χ1) is 12.4. The van der Waals surface area contributed by atoms with E-state index in [0.29, 0.717) is 12.2 Å². The Balaban J connectivity index is 1.03. The smallest absolute Gasteiger partial charge is 0.0920 e. The largest absolute Gasteiger partial charge is 0.366 e. The second kappa shape index (κ2) is 7.80. The van der Waals surface area contributed by atoms with Crippen molar-refractivity contribution in [1.29, 1.82) is 0 Å². The third kappa shape index (κ3) is 4.44. The maximum Gasteiger partial charge on any atom is 0.0920 e. The van der Waals surface area contributed by atoms with Crippen LogP contribution in [0.15, 0.2) is 0 Å². The highest BCUT2D eigenvalue weighted by Gasteiger charge is 2.56. The molecule has 4 aliphatic rings. The quantitative estimate of drug-likeness (QED) is 0.371. The Morgan fingerprint density at radius 1 is 0.808 bits per heavy atom. The summed E-state index contributed by atoms with van der Waals surface area (Å²) in [5, 5.41) is 0. The molecule has 2 aliphatic carbocycles. The second-order valence-electron chi connectivity index (χ2n) is 10.0. The summed E-state index contributed by atoms with van der Waals surface area (Å²) in [4.78, 5) is 0. The van der Waals surface area contributed by atoms with Gasteiger partial charge in [-0.1, -0.05) is 13.8 Å². The molecule has 4 heteroatoms. The van der Waals surface area contributed by atoms with E-state index in [1.807, 2.05) is 0 Å². The first-order valence-electron chi connectivity index (χ1n) is 10.9. The molecule has 2 saturated carbocycles. The number of hydrogen-bond donors (Lipinski definition) is 0. The van der Waals surface area contributed by atoms with Crippen LogP contribution in [0.2, 0.25) is 0 Å². The molecular formula is C22H38O2S2. The minimum absolute atomic E-state index is 0.277. The predicted molar refractivity (Wildman–Crippen MR) is 114 cm³/mol. The van der Waals surface area contributed by atoms with Crippen molar-refractivity contribution < 1.29 is 9.47 Å². The third-order valence-corrected chi connectivity index (χ3v) is 10.6. The number of epoxide rings is 2. The zero-order valence-corrected chi connectivity index (χ0v) is 18.8. The van der Waals surface area contributed by atoms with E-state index in [9.17, 15) is 0 Å². The fourth-order valence-electron chi connectivity index (χ4n) is 5.31. The van der Waals surface area contributed by atoms with Gasteiger partial charge in [-0.05, 0) is 87.5 Å². The molecule has 0 radical (unpaired) electrons. The highest BCUT2D eigenvalue weighted by Crippen LogP contribution is 2.52. The number of ether oxygens (including phenoxy) is 2. The van der Waals surface area contributed by atoms with Crippen LogP contribution in [0.4, 0.5) is 0 Å². The Kier molecular flexibility index (Phi) is 5.97. The van der Waals surface area contributed by atoms with E-state index >= 15 is 0 Å². The Morgan fingerprint density at radius 3 is 1.62 bits per heavy atom. The van der Waals surface area contributed by atoms with Crippen molar-refractivity contribution in [1.82, 2.24) is 0 Å². The van der Waals surface area contributed by atoms with Crippen LogP contribution in [-0.4, -0.2) is 46.4 Å². The lowest BCUT2D eigenvalue weighted by molar-refractivity contribution is 0.278. The van der Waals surface area contributed by atoms with Gasteiger partial charge in [-0.3, -0.25) is 0 Å². The molecule has 0 spiro atoms. The van der Waals surface area contributed by atoms with Crippen molar-refractivity contribution in [3.05, 3.63) is 0 Å². The lowest BCUT2D eigenvalue weighted by atomic mass is 9.77. The maximum absolute atomic E-state index is 5.87. The third-order valence-electron chi connectivity index (χ3n) is 7.87. The van der Waals surface area contributed by atoms with E-state index in [2.05, 4.69) is 51.2 Å². The molecule has 0 N–H and O–H groups in total. The molecule has 2 heterocycles. The summed E-state index contributed by atoms with van der Waals surface area (Å²) in [5.74, 6) is 8.83. The fraction of sp³-hybridized carbons (Fsp3) is 1.00. The van der Waals surface area contributed by atoms with Gasteiger partial charge in [-0.15, -0.1) is 0 Å². The Labute approximate surface area is 169 Å². The molecule has 2 saturated heterocycles. The van der Waals surface area contributed by atoms with Crippen LogP contribution in [0.25, 0.3) is 0 Å². The molecule has 8 unspecified atom stereocenters. The number of hydrogen-bond acceptors (Lipinski definition) is 4. The van der Waals surface area contributed by atoms with Crippen LogP contribution in [0.1, 0.15) is 66.2 Å². The molecule has 0 bridgehead atoms. The Bertz CT molecular complexity index is 457. The Hall–Kier alpha value is 0.620. The van der Waals surface area contributed by atoms with Gasteiger partial charge in [0.2, 0.25) is 0 Å². The zero-order valence-electron chi connectivity index (χ0n) is 17.2. The average molecular weight is 399 g/mol. The van der Waals surface area contributed by atoms with Gasteiger partial charge >= 0.3 is 0 Å². The van der Waals surface area contributed by atoms with Gasteiger partial charge in [-0.2, -0.15) is 23.5 Å². The van der Waals surface area contributed by atoms with Crippen LogP contribution < -0.4 is 0 Å². The molecule has 0 amide bonds. The van der Waals surface area contributed by atoms with E-state index in [1.54, 1.807) is 0 Å². The minimum atomic E-state index is 0.277. The van der Waals surface area contributed by atoms with Crippen molar-refractivity contribution in [2.75, 3.05) is 23.0 Å². The van der Waals surface area contributed by atoms with E-state index in [1.165, 1.54) is 61.5 Å². The summed E-state index contributed by atoms with van der Waals surface area (Å²) in [5.41, 5.74) is 0.554. The molecule has 0 aromatic rings. The van der Waals surface area contributed by atoms with Crippen LogP contribution in [0.3, 0.4) is 0 Å². The van der Waals surface area contributed by atoms with Crippen LogP contribution in [0.5, 0.6) is 0 Å². The first-order valence-corrected chi connectivity index (χ1v) is 13.2. The van der Waals surface area contributed by atoms with Crippen molar-refractivity contribution in [2.45, 2.75) is 89.6 Å². The number of rotatable bonds is 9. The molecule has 2 aliphatic heterocycles. The molecule has 150 valence electrons. The molecule has 8 atom stereocenters. The summed E-state index contributed by atoms with van der Waals surface area (Å²) in [7, 11) is 0. The summed E-state index contributed by atoms with van der Waals surface area (Å²) in [6, 6.07) is 0. The normalized spacial score (nSPS) is 46.2. The van der Waals surface area contributed by atoms with Gasteiger partial charge in [0.05, 0.1) is 23.4 Å². The maximum atomic E-state index is 5.87. The molecule has 0 aromatic carbocycles. The summed E-state index contributed by atoms with van der Waals surface area (Å²) >= 11 is 4.36. The number of fused-ring (bicyclic) bond motifs is 2. The van der Waals surface area contributed by atoms with Crippen molar-refractivity contribution in [3.63, 3.8) is 0 Å². The van der Waals surface area contributed by atoms with Crippen LogP contribution in [0, 0.1) is 23.7 Å². The first kappa shape index (κ1) is 19.9. The topological polar surface area (TPSA) is 25.1 Å². The molecular weight excluding hydrogens is 360 g/mol. The average Bonchev–Trinajstić information content (AvgIpc) is 3.48. The second-order valence-corrected chi connectivity index (χ2v) is 12.3. The standard InChI is InChI=1S/C22H38O2S2/c1-15(17-5-7-21(3)19(11-17)23-21)13-25-9-10-26-14-16(2)18-6-8-22(4)20(12-18)24-22/h15-20H,5-14H2,1-4H3. The van der Waals surface area contributed by atoms with Gasteiger partial charge < -0.3 is 9.47 Å². The van der Waals surface area contributed by atoms with Gasteiger partial charge in [0.25, 0.3) is 0 Å².